The van der Waals surface area contributed by atoms with Crippen LogP contribution in [-0.2, 0) is 0 Å². The molecule has 0 saturated carbocycles. The lowest BCUT2D eigenvalue weighted by Gasteiger charge is -2.13. The van der Waals surface area contributed by atoms with Gasteiger partial charge in [-0.05, 0) is 18.6 Å². The second-order valence-electron chi connectivity index (χ2n) is 3.80. The second kappa shape index (κ2) is 8.26. The number of benzene rings is 1. The molecule has 1 aromatic rings. The molecule has 0 aliphatic carbocycles. The molecule has 0 saturated heterocycles. The normalized spacial score (nSPS) is 10.4. The van der Waals surface area contributed by atoms with Crippen LogP contribution in [0, 0.1) is 5.82 Å². The van der Waals surface area contributed by atoms with E-state index in [0.29, 0.717) is 6.42 Å². The van der Waals surface area contributed by atoms with Crippen LogP contribution in [0.1, 0.15) is 6.42 Å². The first-order valence-corrected chi connectivity index (χ1v) is 5.89. The summed E-state index contributed by atoms with van der Waals surface area (Å²) in [5, 5.41) is 13.3. The molecule has 20 heavy (non-hydrogen) atoms. The number of hydrogen-bond acceptors (Lipinski definition) is 3. The molecule has 112 valence electrons. The van der Waals surface area contributed by atoms with Crippen molar-refractivity contribution in [3.63, 3.8) is 0 Å². The molecule has 0 unspecified atom stereocenters. The molecule has 0 aromatic heterocycles. The highest BCUT2D eigenvalue weighted by molar-refractivity contribution is 5.90. The fourth-order valence-electron chi connectivity index (χ4n) is 1.32. The number of anilines is 1. The van der Waals surface area contributed by atoms with Crippen molar-refractivity contribution in [3.8, 4) is 5.75 Å². The Morgan fingerprint density at radius 2 is 2.15 bits per heavy atom. The Morgan fingerprint density at radius 3 is 2.80 bits per heavy atom. The van der Waals surface area contributed by atoms with Crippen LogP contribution in [0.4, 0.5) is 23.7 Å². The first kappa shape index (κ1) is 16.1. The molecular weight excluding hydrogens is 277 g/mol. The Morgan fingerprint density at radius 1 is 1.40 bits per heavy atom. The zero-order valence-corrected chi connectivity index (χ0v) is 10.5. The first-order chi connectivity index (χ1) is 9.52. The van der Waals surface area contributed by atoms with E-state index in [4.69, 9.17) is 9.84 Å². The Kier molecular flexibility index (Phi) is 6.65. The van der Waals surface area contributed by atoms with Crippen LogP contribution in [0.15, 0.2) is 18.2 Å². The van der Waals surface area contributed by atoms with E-state index in [0.717, 1.165) is 12.1 Å². The number of aliphatic hydroxyl groups excluding tert-OH is 1. The van der Waals surface area contributed by atoms with E-state index in [9.17, 15) is 18.0 Å². The Balaban J connectivity index is 2.65. The van der Waals surface area contributed by atoms with E-state index in [2.05, 4.69) is 10.6 Å². The predicted octanol–water partition coefficient (Wildman–Crippen LogP) is 1.97. The highest BCUT2D eigenvalue weighted by Gasteiger charge is 2.11. The lowest BCUT2D eigenvalue weighted by atomic mass is 10.3. The van der Waals surface area contributed by atoms with Crippen LogP contribution in [0.25, 0.3) is 0 Å². The minimum atomic E-state index is -2.70. The van der Waals surface area contributed by atoms with Crippen molar-refractivity contribution >= 4 is 11.7 Å². The van der Waals surface area contributed by atoms with Crippen molar-refractivity contribution in [3.05, 3.63) is 24.0 Å². The summed E-state index contributed by atoms with van der Waals surface area (Å²) in [6.45, 7) is -0.722. The van der Waals surface area contributed by atoms with Crippen LogP contribution in [0.2, 0.25) is 0 Å². The quantitative estimate of drug-likeness (QED) is 0.673. The van der Waals surface area contributed by atoms with Crippen LogP contribution in [0.5, 0.6) is 5.75 Å². The van der Waals surface area contributed by atoms with Gasteiger partial charge in [-0.25, -0.2) is 18.0 Å². The van der Waals surface area contributed by atoms with Gasteiger partial charge in [-0.2, -0.15) is 0 Å². The average molecular weight is 292 g/mol. The van der Waals surface area contributed by atoms with E-state index in [1.165, 1.54) is 6.07 Å². The summed E-state index contributed by atoms with van der Waals surface area (Å²) < 4.78 is 41.9. The number of rotatable bonds is 7. The van der Waals surface area contributed by atoms with Crippen molar-refractivity contribution in [2.24, 2.45) is 0 Å². The van der Waals surface area contributed by atoms with E-state index >= 15 is 0 Å². The van der Waals surface area contributed by atoms with Gasteiger partial charge in [0.1, 0.15) is 18.2 Å². The third kappa shape index (κ3) is 5.79. The topological polar surface area (TPSA) is 70.6 Å². The Hall–Kier alpha value is -1.96. The largest absolute Gasteiger partial charge is 0.485 e. The minimum Gasteiger partial charge on any atom is -0.485 e. The monoisotopic (exact) mass is 292 g/mol. The number of aliphatic hydroxyl groups is 1. The molecule has 2 amide bonds. The maximum absolute atomic E-state index is 13.0. The number of carbonyl (C=O) groups excluding carboxylic acids is 1. The summed E-state index contributed by atoms with van der Waals surface area (Å²) in [6, 6.07) is 2.58. The molecular formula is C12H15F3N2O3. The average Bonchev–Trinajstić information content (AvgIpc) is 2.39. The maximum atomic E-state index is 13.0. The van der Waals surface area contributed by atoms with Gasteiger partial charge < -0.3 is 20.5 Å². The molecule has 5 nitrogen and oxygen atoms in total. The highest BCUT2D eigenvalue weighted by Crippen LogP contribution is 2.25. The van der Waals surface area contributed by atoms with Gasteiger partial charge in [-0.1, -0.05) is 0 Å². The van der Waals surface area contributed by atoms with Crippen molar-refractivity contribution in [1.29, 1.82) is 0 Å². The van der Waals surface area contributed by atoms with Crippen LogP contribution >= 0.6 is 0 Å². The molecule has 1 rings (SSSR count). The van der Waals surface area contributed by atoms with Gasteiger partial charge in [0.25, 0.3) is 6.43 Å². The molecule has 0 atom stereocenters. The van der Waals surface area contributed by atoms with E-state index < -0.39 is 24.9 Å². The van der Waals surface area contributed by atoms with Gasteiger partial charge in [0.05, 0.1) is 5.69 Å². The number of amides is 2. The van der Waals surface area contributed by atoms with Crippen molar-refractivity contribution < 1.29 is 27.8 Å². The van der Waals surface area contributed by atoms with Crippen LogP contribution in [-0.4, -0.2) is 37.3 Å². The Labute approximate surface area is 113 Å². The smallest absolute Gasteiger partial charge is 0.319 e. The minimum absolute atomic E-state index is 0.0699. The number of carbonyl (C=O) groups is 1. The van der Waals surface area contributed by atoms with Crippen LogP contribution < -0.4 is 15.4 Å². The molecule has 8 heteroatoms. The number of halogens is 3. The Bertz CT molecular complexity index is 444. The maximum Gasteiger partial charge on any atom is 0.319 e. The summed E-state index contributed by atoms with van der Waals surface area (Å²) in [6.07, 6.45) is -2.32. The van der Waals surface area contributed by atoms with Gasteiger partial charge >= 0.3 is 6.03 Å². The molecule has 1 aromatic carbocycles. The molecule has 3 N–H and O–H groups in total. The molecule has 0 fully saturated rings. The molecule has 0 aliphatic rings. The second-order valence-corrected chi connectivity index (χ2v) is 3.80. The van der Waals surface area contributed by atoms with Crippen LogP contribution in [0.3, 0.4) is 0 Å². The number of urea groups is 1. The van der Waals surface area contributed by atoms with Gasteiger partial charge in [0.15, 0.2) is 0 Å². The summed E-state index contributed by atoms with van der Waals surface area (Å²) >= 11 is 0. The summed E-state index contributed by atoms with van der Waals surface area (Å²) in [5.74, 6) is -0.844. The third-order valence-electron chi connectivity index (χ3n) is 2.18. The zero-order valence-electron chi connectivity index (χ0n) is 10.5. The fourth-order valence-corrected chi connectivity index (χ4v) is 1.32. The standard InChI is InChI=1S/C12H15F3N2O3/c13-8-2-3-9(10(6-8)20-7-11(14)15)17-12(19)16-4-1-5-18/h2-3,6,11,18H,1,4-5,7H2,(H2,16,17,19). The highest BCUT2D eigenvalue weighted by atomic mass is 19.3. The van der Waals surface area contributed by atoms with Crippen molar-refractivity contribution in [2.75, 3.05) is 25.1 Å². The first-order valence-electron chi connectivity index (χ1n) is 5.89. The van der Waals surface area contributed by atoms with E-state index in [-0.39, 0.29) is 24.6 Å². The van der Waals surface area contributed by atoms with E-state index in [1.807, 2.05) is 0 Å². The van der Waals surface area contributed by atoms with E-state index in [1.54, 1.807) is 0 Å². The summed E-state index contributed by atoms with van der Waals surface area (Å²) in [4.78, 5) is 11.5. The lowest BCUT2D eigenvalue weighted by Crippen LogP contribution is -2.30. The predicted molar refractivity (Wildman–Crippen MR) is 66.6 cm³/mol. The molecule has 0 radical (unpaired) electrons. The number of alkyl halides is 2. The SMILES string of the molecule is O=C(NCCCO)Nc1ccc(F)cc1OCC(F)F. The molecule has 0 aliphatic heterocycles. The number of nitrogens with one attached hydrogen (secondary N) is 2. The van der Waals surface area contributed by atoms with Gasteiger partial charge in [0.2, 0.25) is 0 Å². The summed E-state index contributed by atoms with van der Waals surface area (Å²) in [7, 11) is 0. The lowest BCUT2D eigenvalue weighted by molar-refractivity contribution is 0.0821. The zero-order chi connectivity index (χ0) is 15.0. The number of hydrogen-bond donors (Lipinski definition) is 3. The van der Waals surface area contributed by atoms with Gasteiger partial charge in [-0.3, -0.25) is 0 Å². The van der Waals surface area contributed by atoms with Crippen molar-refractivity contribution in [1.82, 2.24) is 5.32 Å². The molecule has 0 spiro atoms. The summed E-state index contributed by atoms with van der Waals surface area (Å²) in [5.41, 5.74) is 0.0774. The number of ether oxygens (including phenoxy) is 1. The van der Waals surface area contributed by atoms with Gasteiger partial charge in [-0.15, -0.1) is 0 Å². The fraction of sp³-hybridized carbons (Fsp3) is 0.417. The molecule has 0 heterocycles. The molecule has 0 bridgehead atoms. The third-order valence-corrected chi connectivity index (χ3v) is 2.18. The van der Waals surface area contributed by atoms with Gasteiger partial charge in [0, 0.05) is 19.2 Å². The van der Waals surface area contributed by atoms with Crippen molar-refractivity contribution in [2.45, 2.75) is 12.8 Å².